The first-order valence-electron chi connectivity index (χ1n) is 10.3. The summed E-state index contributed by atoms with van der Waals surface area (Å²) in [6, 6.07) is -0.234. The van der Waals surface area contributed by atoms with Crippen molar-refractivity contribution in [2.75, 3.05) is 0 Å². The molecule has 2 aliphatic carbocycles. The molecule has 2 saturated carbocycles. The minimum absolute atomic E-state index is 0.0422. The number of aliphatic imine (C=N–C) groups is 1. The van der Waals surface area contributed by atoms with Gasteiger partial charge in [-0.25, -0.2) is 4.99 Å². The van der Waals surface area contributed by atoms with E-state index < -0.39 is 5.60 Å². The van der Waals surface area contributed by atoms with Gasteiger partial charge in [-0.2, -0.15) is 7.05 Å². The van der Waals surface area contributed by atoms with Crippen molar-refractivity contribution in [2.45, 2.75) is 95.1 Å². The van der Waals surface area contributed by atoms with Crippen molar-refractivity contribution in [1.29, 1.82) is 0 Å². The number of nitrogens with zero attached hydrogens (tertiary/aromatic N) is 1. The van der Waals surface area contributed by atoms with Gasteiger partial charge < -0.3 is 15.2 Å². The summed E-state index contributed by atoms with van der Waals surface area (Å²) in [6.45, 7) is 12.9. The van der Waals surface area contributed by atoms with Gasteiger partial charge in [-0.15, -0.1) is 0 Å². The van der Waals surface area contributed by atoms with E-state index in [9.17, 15) is 5.11 Å². The Kier molecular flexibility index (Phi) is 5.75. The number of hydrogen-bond acceptors (Lipinski definition) is 4. The molecule has 3 fully saturated rings. The molecule has 4 nitrogen and oxygen atoms in total. The van der Waals surface area contributed by atoms with Gasteiger partial charge in [0.25, 0.3) is 0 Å². The highest BCUT2D eigenvalue weighted by Crippen LogP contribution is 2.56. The number of thiocarbonyl (C=S) groups is 1. The molecule has 0 spiro atoms. The molecule has 0 aromatic heterocycles. The lowest BCUT2D eigenvalue weighted by Gasteiger charge is -2.54. The highest BCUT2D eigenvalue weighted by molar-refractivity contribution is 7.78. The van der Waals surface area contributed by atoms with Crippen LogP contribution in [0.4, 0.5) is 0 Å². The average molecular weight is 393 g/mol. The Labute approximate surface area is 169 Å². The van der Waals surface area contributed by atoms with E-state index in [4.69, 9.17) is 17.0 Å². The van der Waals surface area contributed by atoms with Gasteiger partial charge in [-0.1, -0.05) is 12.2 Å². The largest absolute Gasteiger partial charge is 0.472 e. The van der Waals surface area contributed by atoms with Gasteiger partial charge in [0, 0.05) is 0 Å². The maximum absolute atomic E-state index is 11.1. The zero-order valence-corrected chi connectivity index (χ0v) is 18.1. The molecule has 0 aromatic rings. The minimum Gasteiger partial charge on any atom is -0.472 e. The molecular weight excluding hydrogens is 356 g/mol. The van der Waals surface area contributed by atoms with E-state index in [1.165, 1.54) is 5.57 Å². The van der Waals surface area contributed by atoms with Gasteiger partial charge in [0.1, 0.15) is 6.10 Å². The number of rotatable bonds is 4. The third-order valence-electron chi connectivity index (χ3n) is 7.84. The number of quaternary nitrogens is 1. The Bertz CT molecular complexity index is 640. The summed E-state index contributed by atoms with van der Waals surface area (Å²) in [5, 5.41) is 15.7. The topological polar surface area (TPSA) is 58.4 Å². The van der Waals surface area contributed by atoms with Gasteiger partial charge in [0.15, 0.2) is 0 Å². The second-order valence-corrected chi connectivity index (χ2v) is 10.2. The predicted molar refractivity (Wildman–Crippen MR) is 111 cm³/mol. The van der Waals surface area contributed by atoms with Crippen LogP contribution in [0.25, 0.3) is 0 Å². The average Bonchev–Trinajstić information content (AvgIpc) is 3.01. The molecule has 7 unspecified atom stereocenters. The molecule has 0 aromatic carbocycles. The zero-order chi connectivity index (χ0) is 20.0. The van der Waals surface area contributed by atoms with Crippen LogP contribution in [-0.2, 0) is 4.74 Å². The number of aliphatic hydroxyl groups is 1. The lowest BCUT2D eigenvalue weighted by Crippen LogP contribution is -2.92. The van der Waals surface area contributed by atoms with Gasteiger partial charge in [0.05, 0.1) is 27.9 Å². The fraction of sp³-hybridized carbons (Fsp3) is 0.818. The van der Waals surface area contributed by atoms with Gasteiger partial charge in [-0.05, 0) is 96.2 Å². The highest BCUT2D eigenvalue weighted by atomic mass is 32.1. The molecule has 0 bridgehead atoms. The molecule has 3 N–H and O–H groups in total. The number of ether oxygens (including phenoxy) is 1. The van der Waals surface area contributed by atoms with Crippen LogP contribution in [-0.4, -0.2) is 39.2 Å². The molecule has 152 valence electrons. The van der Waals surface area contributed by atoms with E-state index in [-0.39, 0.29) is 29.2 Å². The van der Waals surface area contributed by atoms with Gasteiger partial charge in [0.2, 0.25) is 0 Å². The molecular formula is C22H36N2O2S. The number of isothiocyanates is 1. The fourth-order valence-electron chi connectivity index (χ4n) is 5.90. The monoisotopic (exact) mass is 392 g/mol. The summed E-state index contributed by atoms with van der Waals surface area (Å²) < 4.78 is 6.75. The standard InChI is InChI=1S/C22H36N2O2S/c1-14-7-8-16(22(5)12-10-17(26-22)20(2,3)23-6)18-15(14)9-11-21(4,25)19(18)24-13-27/h15-19,25H,1,6-12,23H2,2-5H3. The molecule has 1 heterocycles. The van der Waals surface area contributed by atoms with Crippen LogP contribution in [0.5, 0.6) is 0 Å². The number of hydrogen-bond donors (Lipinski definition) is 2. The van der Waals surface area contributed by atoms with Crippen molar-refractivity contribution in [3.8, 4) is 0 Å². The lowest BCUT2D eigenvalue weighted by molar-refractivity contribution is -0.678. The fourth-order valence-corrected chi connectivity index (χ4v) is 6.01. The Morgan fingerprint density at radius 3 is 2.67 bits per heavy atom. The Hall–Kier alpha value is -0.580. The maximum atomic E-state index is 11.1. The molecule has 5 heteroatoms. The van der Waals surface area contributed by atoms with Crippen LogP contribution in [0.1, 0.15) is 66.2 Å². The molecule has 3 rings (SSSR count). The maximum Gasteiger partial charge on any atom is 0.110 e. The van der Waals surface area contributed by atoms with Crippen molar-refractivity contribution in [1.82, 2.24) is 0 Å². The van der Waals surface area contributed by atoms with E-state index in [0.29, 0.717) is 11.8 Å². The number of fused-ring (bicyclic) bond motifs is 1. The third-order valence-corrected chi connectivity index (χ3v) is 7.95. The van der Waals surface area contributed by atoms with Crippen molar-refractivity contribution in [2.24, 2.45) is 22.7 Å². The van der Waals surface area contributed by atoms with Crippen molar-refractivity contribution >= 4 is 17.4 Å². The van der Waals surface area contributed by atoms with Crippen LogP contribution in [0.15, 0.2) is 17.1 Å². The molecule has 1 aliphatic heterocycles. The summed E-state index contributed by atoms with van der Waals surface area (Å²) in [4.78, 5) is 4.49. The van der Waals surface area contributed by atoms with E-state index in [1.54, 1.807) is 0 Å². The Morgan fingerprint density at radius 2 is 2.04 bits per heavy atom. The van der Waals surface area contributed by atoms with Crippen molar-refractivity contribution in [3.63, 3.8) is 0 Å². The van der Waals surface area contributed by atoms with E-state index in [2.05, 4.69) is 44.6 Å². The lowest BCUT2D eigenvalue weighted by atomic mass is 9.55. The zero-order valence-electron chi connectivity index (χ0n) is 17.3. The second-order valence-electron chi connectivity index (χ2n) is 10.0. The van der Waals surface area contributed by atoms with Crippen LogP contribution in [0.3, 0.4) is 0 Å². The summed E-state index contributed by atoms with van der Waals surface area (Å²) in [5.41, 5.74) is 0.203. The van der Waals surface area contributed by atoms with Crippen LogP contribution < -0.4 is 5.32 Å². The molecule has 0 amide bonds. The number of allylic oxidation sites excluding steroid dienone is 1. The van der Waals surface area contributed by atoms with Gasteiger partial charge in [-0.3, -0.25) is 0 Å². The van der Waals surface area contributed by atoms with Crippen molar-refractivity contribution < 1.29 is 15.2 Å². The van der Waals surface area contributed by atoms with E-state index in [0.717, 1.165) is 38.5 Å². The first kappa shape index (κ1) is 21.1. The van der Waals surface area contributed by atoms with E-state index >= 15 is 0 Å². The third kappa shape index (κ3) is 3.70. The molecule has 7 atom stereocenters. The molecule has 1 saturated heterocycles. The first-order valence-corrected chi connectivity index (χ1v) is 10.7. The summed E-state index contributed by atoms with van der Waals surface area (Å²) >= 11 is 4.95. The quantitative estimate of drug-likeness (QED) is 0.334. The second kappa shape index (κ2) is 7.35. The minimum atomic E-state index is -0.850. The summed E-state index contributed by atoms with van der Waals surface area (Å²) in [5.74, 6) is 0.927. The van der Waals surface area contributed by atoms with Crippen LogP contribution in [0.2, 0.25) is 0 Å². The smallest absolute Gasteiger partial charge is 0.110 e. The predicted octanol–water partition coefficient (Wildman–Crippen LogP) is 3.27. The summed E-state index contributed by atoms with van der Waals surface area (Å²) in [6.07, 6.45) is 6.03. The van der Waals surface area contributed by atoms with Crippen LogP contribution >= 0.6 is 12.2 Å². The Morgan fingerprint density at radius 1 is 1.33 bits per heavy atom. The molecule has 0 radical (unpaired) electrons. The van der Waals surface area contributed by atoms with Crippen LogP contribution in [0, 0.1) is 24.8 Å². The Balaban J connectivity index is 1.94. The van der Waals surface area contributed by atoms with Crippen molar-refractivity contribution in [3.05, 3.63) is 19.2 Å². The first-order chi connectivity index (χ1) is 12.6. The highest BCUT2D eigenvalue weighted by Gasteiger charge is 2.58. The normalized spacial score (nSPS) is 45.3. The molecule has 3 aliphatic rings. The van der Waals surface area contributed by atoms with E-state index in [1.807, 2.05) is 12.2 Å². The SMILES string of the molecule is C=C1CCC(C2(C)CCC(C(C)(C)[NH2+][CH2-])O2)C2C1CCC(C)(O)C2N=C=S. The van der Waals surface area contributed by atoms with Gasteiger partial charge >= 0.3 is 0 Å². The summed E-state index contributed by atoms with van der Waals surface area (Å²) in [7, 11) is 4.01. The molecule has 27 heavy (non-hydrogen) atoms. The number of nitrogens with two attached hydrogens (primary N) is 1.